The minimum atomic E-state index is -0.933. The summed E-state index contributed by atoms with van der Waals surface area (Å²) >= 11 is 5.91. The molecule has 0 unspecified atom stereocenters. The van der Waals surface area contributed by atoms with Crippen molar-refractivity contribution in [2.75, 3.05) is 0 Å². The number of aromatic nitrogens is 1. The number of fused-ring (bicyclic) bond motifs is 1. The van der Waals surface area contributed by atoms with Crippen LogP contribution in [0, 0.1) is 13.8 Å². The van der Waals surface area contributed by atoms with Crippen molar-refractivity contribution in [2.45, 2.75) is 13.8 Å². The smallest absolute Gasteiger partial charge is 0.336 e. The van der Waals surface area contributed by atoms with E-state index >= 15 is 0 Å². The molecule has 110 valence electrons. The average molecular weight is 312 g/mol. The van der Waals surface area contributed by atoms with Crippen molar-refractivity contribution in [1.29, 1.82) is 0 Å². The van der Waals surface area contributed by atoms with Gasteiger partial charge in [0.2, 0.25) is 0 Å². The molecule has 0 bridgehead atoms. The fourth-order valence-electron chi connectivity index (χ4n) is 2.73. The SMILES string of the molecule is Cc1cc(C)c2ncc(-c3ccc(Cl)cc3)cc2c1C(=O)O. The zero-order chi connectivity index (χ0) is 15.9. The number of aromatic carboxylic acids is 1. The molecule has 0 atom stereocenters. The van der Waals surface area contributed by atoms with Crippen LogP contribution in [-0.4, -0.2) is 16.1 Å². The van der Waals surface area contributed by atoms with Crippen LogP contribution in [0.3, 0.4) is 0 Å². The van der Waals surface area contributed by atoms with E-state index in [9.17, 15) is 9.90 Å². The Balaban J connectivity index is 2.30. The minimum Gasteiger partial charge on any atom is -0.478 e. The summed E-state index contributed by atoms with van der Waals surface area (Å²) in [6, 6.07) is 11.2. The van der Waals surface area contributed by atoms with Gasteiger partial charge in [0.05, 0.1) is 11.1 Å². The highest BCUT2D eigenvalue weighted by molar-refractivity contribution is 6.30. The molecule has 0 amide bonds. The maximum absolute atomic E-state index is 11.6. The number of hydrogen-bond acceptors (Lipinski definition) is 2. The normalized spacial score (nSPS) is 10.9. The predicted molar refractivity (Wildman–Crippen MR) is 88.6 cm³/mol. The van der Waals surface area contributed by atoms with Crippen molar-refractivity contribution in [3.8, 4) is 11.1 Å². The van der Waals surface area contributed by atoms with Crippen LogP contribution in [0.1, 0.15) is 21.5 Å². The quantitative estimate of drug-likeness (QED) is 0.734. The Morgan fingerprint density at radius 1 is 1.05 bits per heavy atom. The number of pyridine rings is 1. The highest BCUT2D eigenvalue weighted by Crippen LogP contribution is 2.29. The van der Waals surface area contributed by atoms with Crippen LogP contribution in [0.4, 0.5) is 0 Å². The number of carboxylic acid groups (broad SMARTS) is 1. The van der Waals surface area contributed by atoms with Crippen molar-refractivity contribution in [2.24, 2.45) is 0 Å². The molecule has 0 aliphatic heterocycles. The Morgan fingerprint density at radius 2 is 1.73 bits per heavy atom. The van der Waals surface area contributed by atoms with Crippen molar-refractivity contribution in [3.63, 3.8) is 0 Å². The van der Waals surface area contributed by atoms with Gasteiger partial charge in [-0.3, -0.25) is 4.98 Å². The van der Waals surface area contributed by atoms with Gasteiger partial charge in [0.15, 0.2) is 0 Å². The van der Waals surface area contributed by atoms with Gasteiger partial charge in [-0.1, -0.05) is 29.8 Å². The highest BCUT2D eigenvalue weighted by Gasteiger charge is 2.15. The van der Waals surface area contributed by atoms with Gasteiger partial charge in [-0.2, -0.15) is 0 Å². The van der Waals surface area contributed by atoms with Crippen molar-refractivity contribution >= 4 is 28.5 Å². The molecule has 0 aliphatic carbocycles. The average Bonchev–Trinajstić information content (AvgIpc) is 2.47. The third-order valence-corrected chi connectivity index (χ3v) is 4.00. The molecule has 3 nitrogen and oxygen atoms in total. The molecule has 1 N–H and O–H groups in total. The second kappa shape index (κ2) is 5.43. The fourth-order valence-corrected chi connectivity index (χ4v) is 2.86. The van der Waals surface area contributed by atoms with Crippen LogP contribution >= 0.6 is 11.6 Å². The lowest BCUT2D eigenvalue weighted by Crippen LogP contribution is -2.03. The van der Waals surface area contributed by atoms with Crippen LogP contribution in [0.25, 0.3) is 22.0 Å². The summed E-state index contributed by atoms with van der Waals surface area (Å²) in [6.07, 6.45) is 1.76. The lowest BCUT2D eigenvalue weighted by atomic mass is 9.96. The summed E-state index contributed by atoms with van der Waals surface area (Å²) in [5.41, 5.74) is 4.57. The van der Waals surface area contributed by atoms with Crippen molar-refractivity contribution in [3.05, 3.63) is 64.3 Å². The monoisotopic (exact) mass is 311 g/mol. The van der Waals surface area contributed by atoms with E-state index in [0.29, 0.717) is 16.0 Å². The largest absolute Gasteiger partial charge is 0.478 e. The number of aryl methyl sites for hydroxylation is 2. The van der Waals surface area contributed by atoms with E-state index in [-0.39, 0.29) is 0 Å². The second-order valence-corrected chi connectivity index (χ2v) is 5.75. The topological polar surface area (TPSA) is 50.2 Å². The summed E-state index contributed by atoms with van der Waals surface area (Å²) in [5, 5.41) is 10.8. The Morgan fingerprint density at radius 3 is 2.36 bits per heavy atom. The first-order valence-electron chi connectivity index (χ1n) is 6.86. The van der Waals surface area contributed by atoms with Gasteiger partial charge in [-0.25, -0.2) is 4.79 Å². The Kier molecular flexibility index (Phi) is 3.59. The molecule has 0 aliphatic rings. The number of carbonyl (C=O) groups is 1. The summed E-state index contributed by atoms with van der Waals surface area (Å²) in [4.78, 5) is 16.1. The van der Waals surface area contributed by atoms with Crippen LogP contribution < -0.4 is 0 Å². The molecule has 1 aromatic heterocycles. The van der Waals surface area contributed by atoms with Gasteiger partial charge < -0.3 is 5.11 Å². The van der Waals surface area contributed by atoms with E-state index in [4.69, 9.17) is 11.6 Å². The number of benzene rings is 2. The molecule has 0 radical (unpaired) electrons. The standard InChI is InChI=1S/C18H14ClNO2/c1-10-7-11(2)17-15(16(10)18(21)22)8-13(9-20-17)12-3-5-14(19)6-4-12/h3-9H,1-2H3,(H,21,22). The lowest BCUT2D eigenvalue weighted by Gasteiger charge is -2.11. The molecule has 0 fully saturated rings. The molecular formula is C18H14ClNO2. The summed E-state index contributed by atoms with van der Waals surface area (Å²) in [7, 11) is 0. The molecule has 0 saturated heterocycles. The molecule has 1 heterocycles. The van der Waals surface area contributed by atoms with E-state index in [1.165, 1.54) is 0 Å². The molecule has 3 rings (SSSR count). The van der Waals surface area contributed by atoms with Crippen LogP contribution in [0.5, 0.6) is 0 Å². The van der Waals surface area contributed by atoms with Gasteiger partial charge in [0, 0.05) is 22.2 Å². The molecule has 0 spiro atoms. The predicted octanol–water partition coefficient (Wildman–Crippen LogP) is 4.87. The summed E-state index contributed by atoms with van der Waals surface area (Å²) < 4.78 is 0. The zero-order valence-corrected chi connectivity index (χ0v) is 13.0. The number of halogens is 1. The summed E-state index contributed by atoms with van der Waals surface area (Å²) in [5.74, 6) is -0.933. The zero-order valence-electron chi connectivity index (χ0n) is 12.2. The van der Waals surface area contributed by atoms with Crippen LogP contribution in [0.2, 0.25) is 5.02 Å². The first-order valence-corrected chi connectivity index (χ1v) is 7.24. The minimum absolute atomic E-state index is 0.309. The molecular weight excluding hydrogens is 298 g/mol. The van der Waals surface area contributed by atoms with Gasteiger partial charge >= 0.3 is 5.97 Å². The van der Waals surface area contributed by atoms with Gasteiger partial charge in [-0.05, 0) is 48.7 Å². The highest BCUT2D eigenvalue weighted by atomic mass is 35.5. The number of carboxylic acids is 1. The number of rotatable bonds is 2. The number of hydrogen-bond donors (Lipinski definition) is 1. The van der Waals surface area contributed by atoms with Crippen molar-refractivity contribution in [1.82, 2.24) is 4.98 Å². The molecule has 3 aromatic rings. The Bertz CT molecular complexity index is 886. The fraction of sp³-hybridized carbons (Fsp3) is 0.111. The maximum atomic E-state index is 11.6. The number of nitrogens with zero attached hydrogens (tertiary/aromatic N) is 1. The van der Waals surface area contributed by atoms with E-state index in [0.717, 1.165) is 27.8 Å². The summed E-state index contributed by atoms with van der Waals surface area (Å²) in [6.45, 7) is 3.75. The van der Waals surface area contributed by atoms with Gasteiger partial charge in [0.1, 0.15) is 0 Å². The third kappa shape index (κ3) is 2.44. The van der Waals surface area contributed by atoms with Gasteiger partial charge in [-0.15, -0.1) is 0 Å². The van der Waals surface area contributed by atoms with Crippen LogP contribution in [-0.2, 0) is 0 Å². The first-order chi connectivity index (χ1) is 10.5. The van der Waals surface area contributed by atoms with E-state index < -0.39 is 5.97 Å². The van der Waals surface area contributed by atoms with Gasteiger partial charge in [0.25, 0.3) is 0 Å². The molecule has 4 heteroatoms. The molecule has 2 aromatic carbocycles. The Labute approximate surface area is 133 Å². The first kappa shape index (κ1) is 14.5. The van der Waals surface area contributed by atoms with E-state index in [1.807, 2.05) is 38.1 Å². The van der Waals surface area contributed by atoms with Crippen LogP contribution in [0.15, 0.2) is 42.6 Å². The second-order valence-electron chi connectivity index (χ2n) is 5.32. The van der Waals surface area contributed by atoms with E-state index in [2.05, 4.69) is 4.98 Å². The van der Waals surface area contributed by atoms with Crippen molar-refractivity contribution < 1.29 is 9.90 Å². The Hall–Kier alpha value is -2.39. The van der Waals surface area contributed by atoms with E-state index in [1.54, 1.807) is 18.3 Å². The third-order valence-electron chi connectivity index (χ3n) is 3.75. The molecule has 22 heavy (non-hydrogen) atoms. The molecule has 0 saturated carbocycles. The lowest BCUT2D eigenvalue weighted by molar-refractivity contribution is 0.0698. The maximum Gasteiger partial charge on any atom is 0.336 e.